The lowest BCUT2D eigenvalue weighted by atomic mass is 10.00. The van der Waals surface area contributed by atoms with Crippen LogP contribution in [0.4, 0.5) is 0 Å². The Bertz CT molecular complexity index is 1700. The molecule has 2 aliphatic heterocycles. The number of aromatic nitrogens is 2. The van der Waals surface area contributed by atoms with E-state index >= 15 is 0 Å². The fourth-order valence-corrected chi connectivity index (χ4v) is 6.55. The second kappa shape index (κ2) is 11.0. The predicted molar refractivity (Wildman–Crippen MR) is 160 cm³/mol. The van der Waals surface area contributed by atoms with Gasteiger partial charge in [-0.05, 0) is 92.5 Å². The molecule has 0 saturated heterocycles. The van der Waals surface area contributed by atoms with Gasteiger partial charge in [-0.3, -0.25) is 9.59 Å². The Labute approximate surface area is 240 Å². The van der Waals surface area contributed by atoms with Crippen LogP contribution in [0.5, 0.6) is 0 Å². The molecule has 8 heteroatoms. The van der Waals surface area contributed by atoms with Crippen LogP contribution >= 0.6 is 11.6 Å². The number of amides is 2. The average molecular weight is 558 g/mol. The van der Waals surface area contributed by atoms with Crippen molar-refractivity contribution >= 4 is 45.2 Å². The number of carbonyl (C=O) groups excluding carboxylic acids is 2. The number of nitriles is 1. The van der Waals surface area contributed by atoms with Crippen molar-refractivity contribution in [2.45, 2.75) is 67.0 Å². The Morgan fingerprint density at radius 2 is 1.43 bits per heavy atom. The molecule has 2 aliphatic rings. The van der Waals surface area contributed by atoms with Crippen LogP contribution in [-0.4, -0.2) is 34.0 Å². The van der Waals surface area contributed by atoms with Crippen LogP contribution in [0.15, 0.2) is 24.3 Å². The van der Waals surface area contributed by atoms with Gasteiger partial charge in [0, 0.05) is 42.0 Å². The smallest absolute Gasteiger partial charge is 0.268 e. The molecule has 0 fully saturated rings. The zero-order chi connectivity index (χ0) is 28.7. The Balaban J connectivity index is 0.000000162. The number of nitrogens with one attached hydrogen (secondary N) is 2. The van der Waals surface area contributed by atoms with Crippen LogP contribution in [0.25, 0.3) is 21.8 Å². The lowest BCUT2D eigenvalue weighted by molar-refractivity contribution is 0.0942. The van der Waals surface area contributed by atoms with Crippen molar-refractivity contribution in [3.05, 3.63) is 68.5 Å². The molecule has 2 N–H and O–H groups in total. The number of carbonyl (C=O) groups is 2. The summed E-state index contributed by atoms with van der Waals surface area (Å²) in [5.74, 6) is 0.578. The van der Waals surface area contributed by atoms with Crippen LogP contribution in [0, 0.1) is 38.0 Å². The third kappa shape index (κ3) is 4.86. The van der Waals surface area contributed by atoms with E-state index in [1.165, 1.54) is 11.1 Å². The number of rotatable bonds is 2. The summed E-state index contributed by atoms with van der Waals surface area (Å²) < 4.78 is 4.30. The maximum Gasteiger partial charge on any atom is 0.268 e. The molecule has 2 amide bonds. The van der Waals surface area contributed by atoms with Crippen molar-refractivity contribution in [2.75, 3.05) is 13.1 Å². The molecular weight excluding hydrogens is 522 g/mol. The molecule has 0 aliphatic carbocycles. The van der Waals surface area contributed by atoms with Gasteiger partial charge in [-0.15, -0.1) is 0 Å². The Morgan fingerprint density at radius 1 is 0.875 bits per heavy atom. The average Bonchev–Trinajstić information content (AvgIpc) is 3.14. The lowest BCUT2D eigenvalue weighted by Crippen LogP contribution is -2.23. The number of hydrogen-bond acceptors (Lipinski definition) is 3. The van der Waals surface area contributed by atoms with Crippen molar-refractivity contribution in [3.8, 4) is 6.07 Å². The molecule has 208 valence electrons. The van der Waals surface area contributed by atoms with Crippen LogP contribution in [-0.2, 0) is 19.5 Å². The molecule has 0 unspecified atom stereocenters. The molecule has 2 aromatic carbocycles. The van der Waals surface area contributed by atoms with Crippen LogP contribution < -0.4 is 10.6 Å². The van der Waals surface area contributed by atoms with E-state index in [4.69, 9.17) is 16.9 Å². The van der Waals surface area contributed by atoms with E-state index in [2.05, 4.69) is 45.8 Å². The highest BCUT2D eigenvalue weighted by molar-refractivity contribution is 6.31. The lowest BCUT2D eigenvalue weighted by Gasteiger charge is -2.12. The van der Waals surface area contributed by atoms with Crippen molar-refractivity contribution in [1.29, 1.82) is 5.26 Å². The summed E-state index contributed by atoms with van der Waals surface area (Å²) >= 11 is 6.30. The van der Waals surface area contributed by atoms with E-state index in [0.717, 1.165) is 94.8 Å². The molecule has 2 aromatic heterocycles. The fourth-order valence-electron chi connectivity index (χ4n) is 6.31. The first-order valence-electron chi connectivity index (χ1n) is 14.0. The summed E-state index contributed by atoms with van der Waals surface area (Å²) in [6, 6.07) is 10.00. The van der Waals surface area contributed by atoms with Gasteiger partial charge < -0.3 is 19.8 Å². The summed E-state index contributed by atoms with van der Waals surface area (Å²) in [5.41, 5.74) is 8.78. The monoisotopic (exact) mass is 557 g/mol. The van der Waals surface area contributed by atoms with Gasteiger partial charge in [0.25, 0.3) is 11.8 Å². The normalized spacial score (nSPS) is 14.9. The van der Waals surface area contributed by atoms with Gasteiger partial charge in [-0.2, -0.15) is 5.26 Å². The first kappa shape index (κ1) is 27.8. The standard InChI is InChI=1S/C17H21ClN2O.C15H15N3O/c1-10(2)7-12-8-13(18)9-14-11(3)15-17(21)19-5-4-6-20(15)16(12)14;1-9-6-11(8-16)7-12-10(2)14-15(19)17-4-3-5-18(14)13(9)12/h8-10H,4-7H2,1-3H3,(H,19,21);6-7H,3-5H2,1-2H3,(H,17,19). The number of fused-ring (bicyclic) bond motifs is 6. The fraction of sp³-hybridized carbons (Fsp3) is 0.406. The highest BCUT2D eigenvalue weighted by atomic mass is 35.5. The van der Waals surface area contributed by atoms with Crippen molar-refractivity contribution in [3.63, 3.8) is 0 Å². The number of halogens is 1. The first-order valence-corrected chi connectivity index (χ1v) is 14.4. The summed E-state index contributed by atoms with van der Waals surface area (Å²) in [5, 5.41) is 17.9. The number of nitrogens with zero attached hydrogens (tertiary/aromatic N) is 3. The van der Waals surface area contributed by atoms with Gasteiger partial charge >= 0.3 is 0 Å². The van der Waals surface area contributed by atoms with Gasteiger partial charge in [0.15, 0.2) is 0 Å². The van der Waals surface area contributed by atoms with E-state index in [9.17, 15) is 9.59 Å². The molecule has 0 bridgehead atoms. The second-order valence-electron chi connectivity index (χ2n) is 11.3. The molecule has 7 nitrogen and oxygen atoms in total. The van der Waals surface area contributed by atoms with Gasteiger partial charge in [-0.25, -0.2) is 0 Å². The summed E-state index contributed by atoms with van der Waals surface area (Å²) in [6.07, 6.45) is 2.87. The molecule has 0 radical (unpaired) electrons. The Morgan fingerprint density at radius 3 is 1.98 bits per heavy atom. The maximum atomic E-state index is 12.3. The molecule has 4 aromatic rings. The predicted octanol–water partition coefficient (Wildman–Crippen LogP) is 6.20. The van der Waals surface area contributed by atoms with Gasteiger partial charge in [-0.1, -0.05) is 25.4 Å². The largest absolute Gasteiger partial charge is 0.351 e. The second-order valence-corrected chi connectivity index (χ2v) is 11.8. The SMILES string of the molecule is Cc1c2n(c3c(C)cc(C#N)cc13)CCCNC2=O.Cc1c2n(c3c(CC(C)C)cc(Cl)cc13)CCCNC2=O. The van der Waals surface area contributed by atoms with E-state index < -0.39 is 0 Å². The van der Waals surface area contributed by atoms with E-state index in [0.29, 0.717) is 11.5 Å². The Hall–Kier alpha value is -3.76. The molecule has 40 heavy (non-hydrogen) atoms. The van der Waals surface area contributed by atoms with Gasteiger partial charge in [0.2, 0.25) is 0 Å². The molecule has 0 saturated carbocycles. The quantitative estimate of drug-likeness (QED) is 0.307. The molecular formula is C32H36ClN5O2. The summed E-state index contributed by atoms with van der Waals surface area (Å²) in [4.78, 5) is 24.5. The molecule has 0 atom stereocenters. The minimum Gasteiger partial charge on any atom is -0.351 e. The minimum absolute atomic E-state index is 0.0101. The molecule has 6 rings (SSSR count). The third-order valence-corrected chi connectivity index (χ3v) is 8.15. The summed E-state index contributed by atoms with van der Waals surface area (Å²) in [6.45, 7) is 13.6. The van der Waals surface area contributed by atoms with Crippen LogP contribution in [0.2, 0.25) is 5.02 Å². The van der Waals surface area contributed by atoms with E-state index in [1.54, 1.807) is 0 Å². The van der Waals surface area contributed by atoms with E-state index in [-0.39, 0.29) is 11.8 Å². The van der Waals surface area contributed by atoms with E-state index in [1.807, 2.05) is 39.0 Å². The van der Waals surface area contributed by atoms with Gasteiger partial charge in [0.05, 0.1) is 22.7 Å². The highest BCUT2D eigenvalue weighted by Crippen LogP contribution is 2.34. The Kier molecular flexibility index (Phi) is 7.65. The minimum atomic E-state index is -0.0101. The van der Waals surface area contributed by atoms with Crippen LogP contribution in [0.3, 0.4) is 0 Å². The maximum absolute atomic E-state index is 12.3. The topological polar surface area (TPSA) is 91.8 Å². The highest BCUT2D eigenvalue weighted by Gasteiger charge is 2.25. The number of hydrogen-bond donors (Lipinski definition) is 2. The van der Waals surface area contributed by atoms with Crippen LogP contribution in [0.1, 0.15) is 75.5 Å². The first-order chi connectivity index (χ1) is 19.1. The number of benzene rings is 2. The van der Waals surface area contributed by atoms with Gasteiger partial charge in [0.1, 0.15) is 11.4 Å². The zero-order valence-corrected chi connectivity index (χ0v) is 24.6. The molecule has 0 spiro atoms. The molecule has 4 heterocycles. The van der Waals surface area contributed by atoms with Crippen molar-refractivity contribution in [1.82, 2.24) is 19.8 Å². The van der Waals surface area contributed by atoms with Crippen molar-refractivity contribution < 1.29 is 9.59 Å². The zero-order valence-electron chi connectivity index (χ0n) is 23.9. The van der Waals surface area contributed by atoms with Crippen molar-refractivity contribution in [2.24, 2.45) is 5.92 Å². The third-order valence-electron chi connectivity index (χ3n) is 7.93. The number of aryl methyl sites for hydroxylation is 5. The summed E-state index contributed by atoms with van der Waals surface area (Å²) in [7, 11) is 0.